The van der Waals surface area contributed by atoms with E-state index in [1.807, 2.05) is 6.92 Å². The zero-order valence-electron chi connectivity index (χ0n) is 13.9. The van der Waals surface area contributed by atoms with Gasteiger partial charge in [0.2, 0.25) is 5.91 Å². The molecule has 22 heavy (non-hydrogen) atoms. The molecule has 1 saturated carbocycles. The first-order valence-electron chi connectivity index (χ1n) is 8.81. The Bertz CT molecular complexity index is 534. The van der Waals surface area contributed by atoms with Gasteiger partial charge in [0.25, 0.3) is 0 Å². The van der Waals surface area contributed by atoms with E-state index in [0.717, 1.165) is 32.2 Å². The highest BCUT2D eigenvalue weighted by Crippen LogP contribution is 2.29. The van der Waals surface area contributed by atoms with Gasteiger partial charge in [0.05, 0.1) is 0 Å². The fraction of sp³-hybridized carbons (Fsp3) is 0.632. The summed E-state index contributed by atoms with van der Waals surface area (Å²) in [5, 5.41) is 3.28. The molecule has 1 amide bonds. The summed E-state index contributed by atoms with van der Waals surface area (Å²) in [5.74, 6) is 0.195. The van der Waals surface area contributed by atoms with Crippen LogP contribution in [0.5, 0.6) is 0 Å². The summed E-state index contributed by atoms with van der Waals surface area (Å²) < 4.78 is 0. The van der Waals surface area contributed by atoms with Crippen LogP contribution in [0.25, 0.3) is 0 Å². The van der Waals surface area contributed by atoms with Crippen molar-refractivity contribution < 1.29 is 4.79 Å². The van der Waals surface area contributed by atoms with Crippen LogP contribution in [0, 0.1) is 6.92 Å². The van der Waals surface area contributed by atoms with Crippen molar-refractivity contribution in [3.63, 3.8) is 0 Å². The first-order valence-corrected chi connectivity index (χ1v) is 8.81. The Morgan fingerprint density at radius 3 is 2.77 bits per heavy atom. The second kappa shape index (κ2) is 6.72. The zero-order valence-corrected chi connectivity index (χ0v) is 13.9. The van der Waals surface area contributed by atoms with Crippen LogP contribution in [0.2, 0.25) is 0 Å². The van der Waals surface area contributed by atoms with Gasteiger partial charge in [-0.1, -0.05) is 37.0 Å². The summed E-state index contributed by atoms with van der Waals surface area (Å²) in [6, 6.07) is 6.93. The average Bonchev–Trinajstić information content (AvgIpc) is 2.54. The summed E-state index contributed by atoms with van der Waals surface area (Å²) in [6.07, 6.45) is 8.39. The van der Waals surface area contributed by atoms with E-state index in [0.29, 0.717) is 6.04 Å². The first kappa shape index (κ1) is 15.4. The van der Waals surface area contributed by atoms with Crippen LogP contribution in [-0.4, -0.2) is 24.5 Å². The predicted octanol–water partition coefficient (Wildman–Crippen LogP) is 3.59. The maximum atomic E-state index is 12.6. The largest absolute Gasteiger partial charge is 0.360 e. The fourth-order valence-corrected chi connectivity index (χ4v) is 3.87. The number of hydrogen-bond donors (Lipinski definition) is 1. The fourth-order valence-electron chi connectivity index (χ4n) is 3.87. The van der Waals surface area contributed by atoms with E-state index in [9.17, 15) is 4.79 Å². The van der Waals surface area contributed by atoms with Crippen molar-refractivity contribution in [2.45, 2.75) is 70.9 Å². The van der Waals surface area contributed by atoms with Crippen molar-refractivity contribution >= 4 is 11.6 Å². The molecule has 0 saturated heterocycles. The molecule has 0 spiro atoms. The van der Waals surface area contributed by atoms with E-state index >= 15 is 0 Å². The SMILES string of the molecule is Cc1ccc2c(c1)CCCN2[C@@H](C)C(=O)NC1CCCCC1. The molecule has 1 heterocycles. The molecule has 0 aromatic heterocycles. The average molecular weight is 300 g/mol. The lowest BCUT2D eigenvalue weighted by atomic mass is 9.95. The molecule has 1 aromatic carbocycles. The van der Waals surface area contributed by atoms with Gasteiger partial charge < -0.3 is 10.2 Å². The van der Waals surface area contributed by atoms with Gasteiger partial charge in [-0.05, 0) is 51.2 Å². The van der Waals surface area contributed by atoms with E-state index in [2.05, 4.69) is 35.3 Å². The van der Waals surface area contributed by atoms with Gasteiger partial charge in [-0.15, -0.1) is 0 Å². The Kier molecular flexibility index (Phi) is 4.70. The minimum Gasteiger partial charge on any atom is -0.360 e. The third-order valence-corrected chi connectivity index (χ3v) is 5.19. The molecule has 2 aliphatic rings. The minimum absolute atomic E-state index is 0.0799. The summed E-state index contributed by atoms with van der Waals surface area (Å²) >= 11 is 0. The quantitative estimate of drug-likeness (QED) is 0.925. The maximum absolute atomic E-state index is 12.6. The van der Waals surface area contributed by atoms with Crippen LogP contribution in [0.3, 0.4) is 0 Å². The van der Waals surface area contributed by atoms with Gasteiger partial charge in [-0.25, -0.2) is 0 Å². The Labute approximate surface area is 134 Å². The van der Waals surface area contributed by atoms with E-state index in [1.54, 1.807) is 0 Å². The van der Waals surface area contributed by atoms with E-state index < -0.39 is 0 Å². The van der Waals surface area contributed by atoms with Crippen LogP contribution in [0.15, 0.2) is 18.2 Å². The molecule has 3 heteroatoms. The number of fused-ring (bicyclic) bond motifs is 1. The minimum atomic E-state index is -0.0799. The predicted molar refractivity (Wildman–Crippen MR) is 91.3 cm³/mol. The monoisotopic (exact) mass is 300 g/mol. The molecule has 0 radical (unpaired) electrons. The van der Waals surface area contributed by atoms with Crippen LogP contribution < -0.4 is 10.2 Å². The third kappa shape index (κ3) is 3.29. The van der Waals surface area contributed by atoms with Crippen molar-refractivity contribution in [2.24, 2.45) is 0 Å². The van der Waals surface area contributed by atoms with Gasteiger partial charge in [0.1, 0.15) is 6.04 Å². The van der Waals surface area contributed by atoms with Gasteiger partial charge in [-0.2, -0.15) is 0 Å². The maximum Gasteiger partial charge on any atom is 0.242 e. The van der Waals surface area contributed by atoms with Crippen LogP contribution in [0.1, 0.15) is 56.6 Å². The zero-order chi connectivity index (χ0) is 15.5. The Morgan fingerprint density at radius 1 is 1.23 bits per heavy atom. The molecule has 1 aliphatic heterocycles. The summed E-state index contributed by atoms with van der Waals surface area (Å²) in [5.41, 5.74) is 3.95. The normalized spacial score (nSPS) is 20.4. The highest BCUT2D eigenvalue weighted by Gasteiger charge is 2.27. The lowest BCUT2D eigenvalue weighted by Crippen LogP contribution is -2.50. The van der Waals surface area contributed by atoms with Crippen molar-refractivity contribution in [1.82, 2.24) is 5.32 Å². The number of nitrogens with one attached hydrogen (secondary N) is 1. The van der Waals surface area contributed by atoms with Crippen molar-refractivity contribution in [3.8, 4) is 0 Å². The van der Waals surface area contributed by atoms with Crippen molar-refractivity contribution in [2.75, 3.05) is 11.4 Å². The van der Waals surface area contributed by atoms with E-state index in [4.69, 9.17) is 0 Å². The Hall–Kier alpha value is -1.51. The molecule has 1 atom stereocenters. The van der Waals surface area contributed by atoms with Gasteiger partial charge >= 0.3 is 0 Å². The molecule has 1 aliphatic carbocycles. The van der Waals surface area contributed by atoms with E-state index in [-0.39, 0.29) is 11.9 Å². The topological polar surface area (TPSA) is 32.3 Å². The highest BCUT2D eigenvalue weighted by atomic mass is 16.2. The summed E-state index contributed by atoms with van der Waals surface area (Å²) in [6.45, 7) is 5.17. The van der Waals surface area contributed by atoms with Crippen molar-refractivity contribution in [1.29, 1.82) is 0 Å². The van der Waals surface area contributed by atoms with Crippen LogP contribution >= 0.6 is 0 Å². The van der Waals surface area contributed by atoms with E-state index in [1.165, 1.54) is 36.1 Å². The smallest absolute Gasteiger partial charge is 0.242 e. The number of carbonyl (C=O) groups excluding carboxylic acids is 1. The number of nitrogens with zero attached hydrogens (tertiary/aromatic N) is 1. The molecule has 1 N–H and O–H groups in total. The number of benzene rings is 1. The number of amides is 1. The number of anilines is 1. The second-order valence-corrected chi connectivity index (χ2v) is 6.95. The highest BCUT2D eigenvalue weighted by molar-refractivity contribution is 5.85. The third-order valence-electron chi connectivity index (χ3n) is 5.19. The van der Waals surface area contributed by atoms with Crippen molar-refractivity contribution in [3.05, 3.63) is 29.3 Å². The molecule has 0 bridgehead atoms. The molecular weight excluding hydrogens is 272 g/mol. The number of aryl methyl sites for hydroxylation is 2. The number of rotatable bonds is 3. The Balaban J connectivity index is 1.69. The van der Waals surface area contributed by atoms with Gasteiger partial charge in [-0.3, -0.25) is 4.79 Å². The molecule has 120 valence electrons. The Morgan fingerprint density at radius 2 is 2.00 bits per heavy atom. The lowest BCUT2D eigenvalue weighted by molar-refractivity contribution is -0.123. The molecule has 1 aromatic rings. The molecule has 0 unspecified atom stereocenters. The first-order chi connectivity index (χ1) is 10.6. The number of hydrogen-bond acceptors (Lipinski definition) is 2. The number of carbonyl (C=O) groups is 1. The summed E-state index contributed by atoms with van der Waals surface area (Å²) in [7, 11) is 0. The standard InChI is InChI=1S/C19H28N2O/c1-14-10-11-18-16(13-14)7-6-12-21(18)15(2)19(22)20-17-8-4-3-5-9-17/h10-11,13,15,17H,3-9,12H2,1-2H3,(H,20,22)/t15-/m0/s1. The van der Waals surface area contributed by atoms with Crippen LogP contribution in [-0.2, 0) is 11.2 Å². The molecule has 3 rings (SSSR count). The van der Waals surface area contributed by atoms with Gasteiger partial charge in [0, 0.05) is 18.3 Å². The second-order valence-electron chi connectivity index (χ2n) is 6.95. The molecule has 3 nitrogen and oxygen atoms in total. The summed E-state index contributed by atoms with van der Waals surface area (Å²) in [4.78, 5) is 14.9. The molecule has 1 fully saturated rings. The lowest BCUT2D eigenvalue weighted by Gasteiger charge is -2.36. The van der Waals surface area contributed by atoms with Gasteiger partial charge in [0.15, 0.2) is 0 Å². The molecular formula is C19H28N2O. The van der Waals surface area contributed by atoms with Crippen LogP contribution in [0.4, 0.5) is 5.69 Å².